The van der Waals surface area contributed by atoms with Crippen molar-refractivity contribution in [3.63, 3.8) is 0 Å². The van der Waals surface area contributed by atoms with Gasteiger partial charge >= 0.3 is 0 Å². The second kappa shape index (κ2) is 20.4. The summed E-state index contributed by atoms with van der Waals surface area (Å²) >= 11 is 0. The third kappa shape index (κ3) is 19.4. The van der Waals surface area contributed by atoms with Gasteiger partial charge in [0.25, 0.3) is 0 Å². The van der Waals surface area contributed by atoms with Crippen LogP contribution in [0.4, 0.5) is 4.39 Å². The number of allylic oxidation sites excluding steroid dienone is 3. The Labute approximate surface area is 127 Å². The van der Waals surface area contributed by atoms with Gasteiger partial charge in [-0.15, -0.1) is 0 Å². The highest BCUT2D eigenvalue weighted by atomic mass is 19.1. The van der Waals surface area contributed by atoms with Crippen LogP contribution in [0.3, 0.4) is 0 Å². The van der Waals surface area contributed by atoms with Crippen LogP contribution in [0.2, 0.25) is 0 Å². The van der Waals surface area contributed by atoms with Gasteiger partial charge in [0, 0.05) is 6.54 Å². The Balaban J connectivity index is -0.000000272. The van der Waals surface area contributed by atoms with Crippen LogP contribution in [0.25, 0.3) is 0 Å². The van der Waals surface area contributed by atoms with Crippen molar-refractivity contribution in [3.05, 3.63) is 37.2 Å². The van der Waals surface area contributed by atoms with E-state index in [1.165, 1.54) is 32.4 Å². The molecule has 120 valence electrons. The van der Waals surface area contributed by atoms with Crippen LogP contribution < -0.4 is 0 Å². The van der Waals surface area contributed by atoms with Gasteiger partial charge in [-0.3, -0.25) is 0 Å². The normalized spacial score (nSPS) is 18.2. The lowest BCUT2D eigenvalue weighted by atomic mass is 10.0. The molecule has 0 spiro atoms. The van der Waals surface area contributed by atoms with E-state index in [1.54, 1.807) is 0 Å². The molecule has 0 N–H and O–H groups in total. The lowest BCUT2D eigenvalue weighted by Gasteiger charge is -2.16. The molecular formula is C18H36FN. The van der Waals surface area contributed by atoms with Crippen molar-refractivity contribution in [3.8, 4) is 0 Å². The summed E-state index contributed by atoms with van der Waals surface area (Å²) in [6.07, 6.45) is 9.75. The Hall–Kier alpha value is -0.890. The maximum absolute atomic E-state index is 11.1. The number of hydrogen-bond acceptors (Lipinski definition) is 1. The minimum atomic E-state index is -0.481. The van der Waals surface area contributed by atoms with E-state index >= 15 is 0 Å². The molecule has 1 fully saturated rings. The van der Waals surface area contributed by atoms with Crippen LogP contribution in [-0.4, -0.2) is 25.0 Å². The van der Waals surface area contributed by atoms with Crippen LogP contribution in [0, 0.1) is 5.92 Å². The molecule has 0 saturated carbocycles. The second-order valence-electron chi connectivity index (χ2n) is 4.19. The van der Waals surface area contributed by atoms with Crippen LogP contribution in [0.5, 0.6) is 0 Å². The average Bonchev–Trinajstić information content (AvgIpc) is 2.68. The summed E-state index contributed by atoms with van der Waals surface area (Å²) in [4.78, 5) is 2.44. The molecule has 1 heterocycles. The lowest BCUT2D eigenvalue weighted by molar-refractivity contribution is 0.323. The average molecular weight is 285 g/mol. The fourth-order valence-corrected chi connectivity index (χ4v) is 1.80. The largest absolute Gasteiger partial charge is 0.306 e. The Morgan fingerprint density at radius 1 is 1.20 bits per heavy atom. The quantitative estimate of drug-likeness (QED) is 0.444. The van der Waals surface area contributed by atoms with Crippen molar-refractivity contribution < 1.29 is 4.39 Å². The Bertz CT molecular complexity index is 234. The van der Waals surface area contributed by atoms with E-state index < -0.39 is 5.83 Å². The molecule has 0 aromatic rings. The number of rotatable bonds is 2. The van der Waals surface area contributed by atoms with Gasteiger partial charge in [0.05, 0.1) is 0 Å². The van der Waals surface area contributed by atoms with Crippen molar-refractivity contribution in [2.24, 2.45) is 5.92 Å². The van der Waals surface area contributed by atoms with Crippen LogP contribution in [-0.2, 0) is 0 Å². The van der Waals surface area contributed by atoms with E-state index in [2.05, 4.69) is 44.2 Å². The van der Waals surface area contributed by atoms with E-state index in [9.17, 15) is 4.39 Å². The summed E-state index contributed by atoms with van der Waals surface area (Å²) < 4.78 is 11.1. The summed E-state index contributed by atoms with van der Waals surface area (Å²) in [5, 5.41) is 0. The van der Waals surface area contributed by atoms with Crippen molar-refractivity contribution >= 4 is 0 Å². The molecule has 0 bridgehead atoms. The maximum atomic E-state index is 11.1. The van der Waals surface area contributed by atoms with E-state index in [4.69, 9.17) is 0 Å². The maximum Gasteiger partial charge on any atom is 0.115 e. The first-order chi connectivity index (χ1) is 9.60. The van der Waals surface area contributed by atoms with Gasteiger partial charge in [0.15, 0.2) is 0 Å². The molecule has 0 aliphatic carbocycles. The summed E-state index contributed by atoms with van der Waals surface area (Å²) in [5.74, 6) is 0.331. The molecule has 2 heteroatoms. The fourth-order valence-electron chi connectivity index (χ4n) is 1.80. The van der Waals surface area contributed by atoms with Gasteiger partial charge in [0.2, 0.25) is 0 Å². The summed E-state index contributed by atoms with van der Waals surface area (Å²) in [6.45, 7) is 18.6. The predicted octanol–water partition coefficient (Wildman–Crippen LogP) is 6.00. The molecule has 1 atom stereocenters. The number of nitrogens with zero attached hydrogens (tertiary/aromatic N) is 1. The van der Waals surface area contributed by atoms with Gasteiger partial charge < -0.3 is 4.90 Å². The SMILES string of the molecule is C/C=C/C1CCCCN(C)C1.C=CC(=C)F.CC.CC. The molecule has 0 aromatic carbocycles. The molecule has 1 rings (SSSR count). The van der Waals surface area contributed by atoms with Crippen molar-refractivity contribution in [2.45, 2.75) is 53.9 Å². The van der Waals surface area contributed by atoms with E-state index in [0.717, 1.165) is 12.0 Å². The lowest BCUT2D eigenvalue weighted by Crippen LogP contribution is -2.22. The Morgan fingerprint density at radius 3 is 2.10 bits per heavy atom. The van der Waals surface area contributed by atoms with Crippen LogP contribution in [0.15, 0.2) is 37.2 Å². The molecule has 1 nitrogen and oxygen atoms in total. The van der Waals surface area contributed by atoms with Crippen LogP contribution in [0.1, 0.15) is 53.9 Å². The zero-order chi connectivity index (χ0) is 16.4. The first-order valence-corrected chi connectivity index (χ1v) is 7.88. The Morgan fingerprint density at radius 2 is 1.70 bits per heavy atom. The van der Waals surface area contributed by atoms with Gasteiger partial charge in [-0.2, -0.15) is 0 Å². The van der Waals surface area contributed by atoms with E-state index in [1.807, 2.05) is 27.7 Å². The highest BCUT2D eigenvalue weighted by Crippen LogP contribution is 2.16. The first-order valence-electron chi connectivity index (χ1n) is 7.88. The number of hydrogen-bond donors (Lipinski definition) is 0. The molecule has 1 aliphatic rings. The number of halogens is 1. The smallest absolute Gasteiger partial charge is 0.115 e. The molecular weight excluding hydrogens is 249 g/mol. The third-order valence-corrected chi connectivity index (χ3v) is 2.60. The number of likely N-dealkylation sites (tertiary alicyclic amines) is 1. The molecule has 0 aromatic heterocycles. The monoisotopic (exact) mass is 285 g/mol. The summed E-state index contributed by atoms with van der Waals surface area (Å²) in [6, 6.07) is 0. The fraction of sp³-hybridized carbons (Fsp3) is 0.667. The summed E-state index contributed by atoms with van der Waals surface area (Å²) in [5.41, 5.74) is 0. The molecule has 0 radical (unpaired) electrons. The molecule has 1 saturated heterocycles. The summed E-state index contributed by atoms with van der Waals surface area (Å²) in [7, 11) is 2.22. The zero-order valence-corrected chi connectivity index (χ0v) is 14.6. The van der Waals surface area contributed by atoms with Gasteiger partial charge in [-0.25, -0.2) is 4.39 Å². The highest BCUT2D eigenvalue weighted by Gasteiger charge is 2.11. The molecule has 1 aliphatic heterocycles. The third-order valence-electron chi connectivity index (χ3n) is 2.60. The predicted molar refractivity (Wildman–Crippen MR) is 92.8 cm³/mol. The first kappa shape index (κ1) is 24.1. The Kier molecular flexibility index (Phi) is 24.7. The zero-order valence-electron chi connectivity index (χ0n) is 14.6. The second-order valence-corrected chi connectivity index (χ2v) is 4.19. The van der Waals surface area contributed by atoms with Crippen LogP contribution >= 0.6 is 0 Å². The van der Waals surface area contributed by atoms with Crippen molar-refractivity contribution in [1.82, 2.24) is 4.90 Å². The standard InChI is InChI=1S/C10H19N.C4H5F.2C2H6/c1-3-6-10-7-4-5-8-11(2)9-10;1-3-4(2)5;2*1-2/h3,6,10H,4-5,7-9H2,1-2H3;3H,1-2H2;2*1-2H3/b6-3+;;;. The van der Waals surface area contributed by atoms with E-state index in [-0.39, 0.29) is 0 Å². The molecule has 0 amide bonds. The van der Waals surface area contributed by atoms with Crippen molar-refractivity contribution in [1.29, 1.82) is 0 Å². The van der Waals surface area contributed by atoms with Crippen molar-refractivity contribution in [2.75, 3.05) is 20.1 Å². The minimum Gasteiger partial charge on any atom is -0.306 e. The topological polar surface area (TPSA) is 3.24 Å². The highest BCUT2D eigenvalue weighted by molar-refractivity contribution is 4.99. The van der Waals surface area contributed by atoms with Gasteiger partial charge in [-0.05, 0) is 45.4 Å². The minimum absolute atomic E-state index is 0.481. The molecule has 1 unspecified atom stereocenters. The van der Waals surface area contributed by atoms with Gasteiger partial charge in [-0.1, -0.05) is 59.4 Å². The van der Waals surface area contributed by atoms with Gasteiger partial charge in [0.1, 0.15) is 5.83 Å². The molecule has 20 heavy (non-hydrogen) atoms. The van der Waals surface area contributed by atoms with E-state index in [0.29, 0.717) is 0 Å².